The molecule has 0 saturated carbocycles. The van der Waals surface area contributed by atoms with Crippen molar-refractivity contribution < 1.29 is 4.39 Å². The maximum atomic E-state index is 13.6. The highest BCUT2D eigenvalue weighted by molar-refractivity contribution is 5.88. The van der Waals surface area contributed by atoms with E-state index in [0.29, 0.717) is 5.56 Å². The highest BCUT2D eigenvalue weighted by atomic mass is 19.1. The lowest BCUT2D eigenvalue weighted by Gasteiger charge is -2.11. The quantitative estimate of drug-likeness (QED) is 0.562. The molecule has 0 fully saturated rings. The minimum Gasteiger partial charge on any atom is -0.278 e. The Labute approximate surface area is 139 Å². The molecule has 0 spiro atoms. The molecule has 3 nitrogen and oxygen atoms in total. The van der Waals surface area contributed by atoms with Gasteiger partial charge in [-0.25, -0.2) is 4.39 Å². The number of H-pyrrole nitrogens is 1. The van der Waals surface area contributed by atoms with Crippen LogP contribution in [0, 0.1) is 19.7 Å². The van der Waals surface area contributed by atoms with Gasteiger partial charge in [-0.15, -0.1) is 0 Å². The first-order chi connectivity index (χ1) is 11.6. The summed E-state index contributed by atoms with van der Waals surface area (Å²) in [5.74, 6) is -0.202. The molecule has 0 atom stereocenters. The molecular weight excluding hydrogens is 301 g/mol. The second-order valence-electron chi connectivity index (χ2n) is 6.04. The summed E-state index contributed by atoms with van der Waals surface area (Å²) >= 11 is 0. The molecule has 0 radical (unpaired) electrons. The van der Waals surface area contributed by atoms with Crippen LogP contribution in [0.1, 0.15) is 11.1 Å². The normalized spacial score (nSPS) is 11.1. The van der Waals surface area contributed by atoms with Crippen molar-refractivity contribution in [2.75, 3.05) is 0 Å². The van der Waals surface area contributed by atoms with E-state index in [4.69, 9.17) is 0 Å². The van der Waals surface area contributed by atoms with E-state index in [2.05, 4.69) is 33.4 Å². The van der Waals surface area contributed by atoms with E-state index in [1.54, 1.807) is 13.0 Å². The van der Waals surface area contributed by atoms with Gasteiger partial charge in [0.25, 0.3) is 0 Å². The lowest BCUT2D eigenvalue weighted by Crippen LogP contribution is -1.92. The molecule has 118 valence electrons. The van der Waals surface area contributed by atoms with Crippen LogP contribution in [-0.2, 0) is 0 Å². The van der Waals surface area contributed by atoms with Gasteiger partial charge in [-0.2, -0.15) is 5.10 Å². The topological polar surface area (TPSA) is 41.6 Å². The number of benzene rings is 2. The van der Waals surface area contributed by atoms with Crippen LogP contribution in [-0.4, -0.2) is 15.2 Å². The van der Waals surface area contributed by atoms with Crippen molar-refractivity contribution in [3.63, 3.8) is 0 Å². The zero-order valence-electron chi connectivity index (χ0n) is 13.5. The number of aromatic amines is 1. The van der Waals surface area contributed by atoms with Crippen LogP contribution in [0.2, 0.25) is 0 Å². The number of fused-ring (bicyclic) bond motifs is 1. The smallest absolute Gasteiger partial charge is 0.126 e. The molecule has 2 aromatic heterocycles. The lowest BCUT2D eigenvalue weighted by molar-refractivity contribution is 0.619. The van der Waals surface area contributed by atoms with E-state index in [9.17, 15) is 4.39 Å². The summed E-state index contributed by atoms with van der Waals surface area (Å²) in [6.45, 7) is 3.79. The maximum absolute atomic E-state index is 13.6. The minimum absolute atomic E-state index is 0.202. The fourth-order valence-electron chi connectivity index (χ4n) is 2.92. The number of halogens is 1. The van der Waals surface area contributed by atoms with Crippen LogP contribution in [0.15, 0.2) is 54.9 Å². The van der Waals surface area contributed by atoms with Crippen molar-refractivity contribution in [3.05, 3.63) is 71.8 Å². The Morgan fingerprint density at radius 2 is 1.75 bits per heavy atom. The molecule has 0 amide bonds. The average Bonchev–Trinajstić information content (AvgIpc) is 3.05. The second-order valence-corrected chi connectivity index (χ2v) is 6.04. The Balaban J connectivity index is 1.93. The Bertz CT molecular complexity index is 1050. The summed E-state index contributed by atoms with van der Waals surface area (Å²) in [7, 11) is 0. The van der Waals surface area contributed by atoms with Gasteiger partial charge in [0.15, 0.2) is 0 Å². The minimum atomic E-state index is -0.202. The van der Waals surface area contributed by atoms with Gasteiger partial charge < -0.3 is 0 Å². The molecule has 4 aromatic rings. The highest BCUT2D eigenvalue weighted by Gasteiger charge is 2.12. The summed E-state index contributed by atoms with van der Waals surface area (Å²) in [5, 5.41) is 8.09. The maximum Gasteiger partial charge on any atom is 0.126 e. The molecule has 1 N–H and O–H groups in total. The Morgan fingerprint density at radius 3 is 2.58 bits per heavy atom. The highest BCUT2D eigenvalue weighted by Crippen LogP contribution is 2.33. The van der Waals surface area contributed by atoms with Gasteiger partial charge in [-0.05, 0) is 66.9 Å². The number of aryl methyl sites for hydroxylation is 2. The predicted octanol–water partition coefficient (Wildman–Crippen LogP) is 5.05. The van der Waals surface area contributed by atoms with Crippen LogP contribution >= 0.6 is 0 Å². The molecular formula is C20H16FN3. The molecule has 0 bridgehead atoms. The number of hydrogen-bond acceptors (Lipinski definition) is 2. The second kappa shape index (κ2) is 5.57. The molecule has 0 saturated heterocycles. The van der Waals surface area contributed by atoms with Crippen molar-refractivity contribution in [1.82, 2.24) is 15.2 Å². The van der Waals surface area contributed by atoms with E-state index in [-0.39, 0.29) is 5.82 Å². The van der Waals surface area contributed by atoms with Gasteiger partial charge in [0.2, 0.25) is 0 Å². The Morgan fingerprint density at radius 1 is 0.917 bits per heavy atom. The molecule has 4 rings (SSSR count). The third kappa shape index (κ3) is 2.46. The van der Waals surface area contributed by atoms with E-state index in [0.717, 1.165) is 38.9 Å². The Kier molecular flexibility index (Phi) is 3.38. The van der Waals surface area contributed by atoms with Gasteiger partial charge in [-0.1, -0.05) is 6.07 Å². The number of hydrogen-bond donors (Lipinski definition) is 1. The summed E-state index contributed by atoms with van der Waals surface area (Å²) in [4.78, 5) is 4.62. The third-order valence-corrected chi connectivity index (χ3v) is 4.21. The Hall–Kier alpha value is -3.01. The first kappa shape index (κ1) is 14.6. The molecule has 0 aliphatic heterocycles. The van der Waals surface area contributed by atoms with Gasteiger partial charge in [0, 0.05) is 22.7 Å². The van der Waals surface area contributed by atoms with Gasteiger partial charge >= 0.3 is 0 Å². The van der Waals surface area contributed by atoms with E-state index < -0.39 is 0 Å². The van der Waals surface area contributed by atoms with Crippen molar-refractivity contribution in [3.8, 4) is 22.4 Å². The molecule has 2 heterocycles. The molecule has 24 heavy (non-hydrogen) atoms. The fourth-order valence-corrected chi connectivity index (χ4v) is 2.92. The third-order valence-electron chi connectivity index (χ3n) is 4.21. The summed E-state index contributed by atoms with van der Waals surface area (Å²) in [6, 6.07) is 13.4. The zero-order chi connectivity index (χ0) is 16.7. The first-order valence-electron chi connectivity index (χ1n) is 7.78. The fraction of sp³-hybridized carbons (Fsp3) is 0.100. The van der Waals surface area contributed by atoms with Gasteiger partial charge in [-0.3, -0.25) is 10.1 Å². The molecule has 0 aliphatic rings. The standard InChI is InChI=1S/C20H16FN3/c1-12-7-17(14-4-6-19-16(9-14)11-23-24-19)20(22-10-12)15-3-5-18(21)13(2)8-15/h3-11H,1-2H3,(H,23,24). The lowest BCUT2D eigenvalue weighted by atomic mass is 9.96. The number of aromatic nitrogens is 3. The SMILES string of the molecule is Cc1cnc(-c2ccc(F)c(C)c2)c(-c2ccc3[nH]ncc3c2)c1. The summed E-state index contributed by atoms with van der Waals surface area (Å²) in [6.07, 6.45) is 3.65. The molecule has 0 unspecified atom stereocenters. The zero-order valence-corrected chi connectivity index (χ0v) is 13.5. The molecule has 4 heteroatoms. The van der Waals surface area contributed by atoms with Crippen molar-refractivity contribution >= 4 is 10.9 Å². The molecule has 2 aromatic carbocycles. The van der Waals surface area contributed by atoms with Crippen LogP contribution in [0.25, 0.3) is 33.3 Å². The number of nitrogens with one attached hydrogen (secondary N) is 1. The van der Waals surface area contributed by atoms with Gasteiger partial charge in [0.05, 0.1) is 17.4 Å². The summed E-state index contributed by atoms with van der Waals surface area (Å²) < 4.78 is 13.6. The predicted molar refractivity (Wildman–Crippen MR) is 94.2 cm³/mol. The van der Waals surface area contributed by atoms with Crippen molar-refractivity contribution in [1.29, 1.82) is 0 Å². The van der Waals surface area contributed by atoms with Gasteiger partial charge in [0.1, 0.15) is 5.82 Å². The van der Waals surface area contributed by atoms with Crippen molar-refractivity contribution in [2.45, 2.75) is 13.8 Å². The van der Waals surface area contributed by atoms with Crippen LogP contribution in [0.4, 0.5) is 4.39 Å². The number of nitrogens with zero attached hydrogens (tertiary/aromatic N) is 2. The first-order valence-corrected chi connectivity index (χ1v) is 7.78. The monoisotopic (exact) mass is 317 g/mol. The van der Waals surface area contributed by atoms with E-state index in [1.807, 2.05) is 31.5 Å². The summed E-state index contributed by atoms with van der Waals surface area (Å²) in [5.41, 5.74) is 6.56. The number of rotatable bonds is 2. The average molecular weight is 317 g/mol. The van der Waals surface area contributed by atoms with Crippen molar-refractivity contribution in [2.24, 2.45) is 0 Å². The van der Waals surface area contributed by atoms with Crippen LogP contribution in [0.5, 0.6) is 0 Å². The number of pyridine rings is 1. The van der Waals surface area contributed by atoms with E-state index in [1.165, 1.54) is 6.07 Å². The largest absolute Gasteiger partial charge is 0.278 e. The molecule has 0 aliphatic carbocycles. The van der Waals surface area contributed by atoms with Crippen LogP contribution < -0.4 is 0 Å². The van der Waals surface area contributed by atoms with Crippen LogP contribution in [0.3, 0.4) is 0 Å². The van der Waals surface area contributed by atoms with E-state index >= 15 is 0 Å².